The molecule has 1 amide bonds. The van der Waals surface area contributed by atoms with Crippen molar-refractivity contribution in [2.24, 2.45) is 5.73 Å². The second-order valence-electron chi connectivity index (χ2n) is 5.17. The Morgan fingerprint density at radius 3 is 2.75 bits per heavy atom. The van der Waals surface area contributed by atoms with Crippen molar-refractivity contribution >= 4 is 22.4 Å². The summed E-state index contributed by atoms with van der Waals surface area (Å²) in [5.74, 6) is -0.760. The van der Waals surface area contributed by atoms with E-state index in [0.717, 1.165) is 11.3 Å². The summed E-state index contributed by atoms with van der Waals surface area (Å²) in [6, 6.07) is 9.10. The number of pyridine rings is 1. The summed E-state index contributed by atoms with van der Waals surface area (Å²) in [5, 5.41) is 4.97. The first-order valence-corrected chi connectivity index (χ1v) is 8.17. The highest BCUT2D eigenvalue weighted by atomic mass is 32.1. The molecular weight excluding hydrogens is 327 g/mol. The average Bonchev–Trinajstić information content (AvgIpc) is 3.06. The first-order chi connectivity index (χ1) is 11.6. The molecule has 0 fully saturated rings. The lowest BCUT2D eigenvalue weighted by molar-refractivity contribution is -0.117. The monoisotopic (exact) mass is 342 g/mol. The zero-order valence-corrected chi connectivity index (χ0v) is 13.5. The molecule has 2 aromatic heterocycles. The first kappa shape index (κ1) is 16.2. The molecule has 0 aliphatic rings. The number of benzene rings is 1. The normalized spacial score (nSPS) is 11.9. The van der Waals surface area contributed by atoms with Gasteiger partial charge in [-0.1, -0.05) is 18.2 Å². The summed E-state index contributed by atoms with van der Waals surface area (Å²) in [6.45, 7) is 0. The van der Waals surface area contributed by atoms with Gasteiger partial charge in [0.2, 0.25) is 5.91 Å². The van der Waals surface area contributed by atoms with Crippen LogP contribution in [0.3, 0.4) is 0 Å². The fraction of sp³-hybridized carbons (Fsp3) is 0.118. The Balaban J connectivity index is 1.65. The van der Waals surface area contributed by atoms with Crippen LogP contribution in [0.2, 0.25) is 0 Å². The standard InChI is InChI=1S/C17H15FN4OS/c18-13-4-2-1-3-12(13)9-14(19)16(23)22-17-21-15(10-24-17)11-5-7-20-8-6-11/h1-8,10,14H,9,19H2,(H,21,22,23). The number of nitrogens with two attached hydrogens (primary N) is 1. The van der Waals surface area contributed by atoms with E-state index in [9.17, 15) is 9.18 Å². The molecule has 0 saturated carbocycles. The van der Waals surface area contributed by atoms with Crippen LogP contribution in [0.15, 0.2) is 54.2 Å². The third-order valence-corrected chi connectivity index (χ3v) is 4.20. The summed E-state index contributed by atoms with van der Waals surface area (Å²) in [5.41, 5.74) is 7.95. The fourth-order valence-electron chi connectivity index (χ4n) is 2.18. The number of hydrogen-bond donors (Lipinski definition) is 2. The van der Waals surface area contributed by atoms with Crippen LogP contribution in [-0.2, 0) is 11.2 Å². The molecule has 7 heteroatoms. The Bertz CT molecular complexity index is 837. The lowest BCUT2D eigenvalue weighted by Gasteiger charge is -2.11. The Kier molecular flexibility index (Phi) is 4.93. The third kappa shape index (κ3) is 3.81. The second kappa shape index (κ2) is 7.29. The number of halogens is 1. The molecule has 1 unspecified atom stereocenters. The Morgan fingerprint density at radius 1 is 1.25 bits per heavy atom. The number of amides is 1. The number of nitrogens with one attached hydrogen (secondary N) is 1. The van der Waals surface area contributed by atoms with E-state index in [1.54, 1.807) is 30.6 Å². The Hall–Kier alpha value is -2.64. The lowest BCUT2D eigenvalue weighted by Crippen LogP contribution is -2.37. The van der Waals surface area contributed by atoms with Crippen LogP contribution in [0.4, 0.5) is 9.52 Å². The molecule has 24 heavy (non-hydrogen) atoms. The number of anilines is 1. The van der Waals surface area contributed by atoms with Gasteiger partial charge in [0.1, 0.15) is 5.82 Å². The van der Waals surface area contributed by atoms with Gasteiger partial charge in [0, 0.05) is 23.3 Å². The molecular formula is C17H15FN4OS. The van der Waals surface area contributed by atoms with Crippen LogP contribution in [0, 0.1) is 5.82 Å². The summed E-state index contributed by atoms with van der Waals surface area (Å²) >= 11 is 1.31. The maximum Gasteiger partial charge on any atom is 0.243 e. The number of carbonyl (C=O) groups excluding carboxylic acids is 1. The van der Waals surface area contributed by atoms with Crippen molar-refractivity contribution in [2.75, 3.05) is 5.32 Å². The molecule has 0 aliphatic carbocycles. The largest absolute Gasteiger partial charge is 0.320 e. The van der Waals surface area contributed by atoms with Crippen LogP contribution in [-0.4, -0.2) is 21.9 Å². The van der Waals surface area contributed by atoms with E-state index in [0.29, 0.717) is 10.7 Å². The van der Waals surface area contributed by atoms with Crippen LogP contribution >= 0.6 is 11.3 Å². The maximum absolute atomic E-state index is 13.6. The van der Waals surface area contributed by atoms with Gasteiger partial charge in [-0.2, -0.15) is 0 Å². The van der Waals surface area contributed by atoms with E-state index in [4.69, 9.17) is 5.73 Å². The van der Waals surface area contributed by atoms with Gasteiger partial charge >= 0.3 is 0 Å². The first-order valence-electron chi connectivity index (χ1n) is 7.29. The molecule has 0 spiro atoms. The molecule has 0 saturated heterocycles. The zero-order valence-electron chi connectivity index (χ0n) is 12.6. The molecule has 3 aromatic rings. The van der Waals surface area contributed by atoms with E-state index in [1.807, 2.05) is 17.5 Å². The summed E-state index contributed by atoms with van der Waals surface area (Å²) in [4.78, 5) is 20.5. The van der Waals surface area contributed by atoms with Gasteiger partial charge in [-0.05, 0) is 30.2 Å². The summed E-state index contributed by atoms with van der Waals surface area (Å²) in [7, 11) is 0. The van der Waals surface area contributed by atoms with E-state index < -0.39 is 11.9 Å². The molecule has 0 radical (unpaired) electrons. The van der Waals surface area contributed by atoms with Crippen LogP contribution in [0.1, 0.15) is 5.56 Å². The van der Waals surface area contributed by atoms with E-state index in [1.165, 1.54) is 17.4 Å². The number of nitrogens with zero attached hydrogens (tertiary/aromatic N) is 2. The van der Waals surface area contributed by atoms with Gasteiger partial charge in [-0.25, -0.2) is 9.37 Å². The fourth-order valence-corrected chi connectivity index (χ4v) is 2.90. The van der Waals surface area contributed by atoms with Crippen LogP contribution < -0.4 is 11.1 Å². The molecule has 0 bridgehead atoms. The predicted octanol–water partition coefficient (Wildman–Crippen LogP) is 2.85. The quantitative estimate of drug-likeness (QED) is 0.747. The number of hydrogen-bond acceptors (Lipinski definition) is 5. The van der Waals surface area contributed by atoms with Crippen molar-refractivity contribution in [3.63, 3.8) is 0 Å². The summed E-state index contributed by atoms with van der Waals surface area (Å²) < 4.78 is 13.6. The van der Waals surface area contributed by atoms with Crippen molar-refractivity contribution in [3.05, 3.63) is 65.6 Å². The average molecular weight is 342 g/mol. The molecule has 2 heterocycles. The van der Waals surface area contributed by atoms with E-state index >= 15 is 0 Å². The van der Waals surface area contributed by atoms with Crippen molar-refractivity contribution in [1.29, 1.82) is 0 Å². The molecule has 1 aromatic carbocycles. The van der Waals surface area contributed by atoms with Crippen molar-refractivity contribution in [2.45, 2.75) is 12.5 Å². The van der Waals surface area contributed by atoms with Crippen LogP contribution in [0.25, 0.3) is 11.3 Å². The number of rotatable bonds is 5. The van der Waals surface area contributed by atoms with Crippen molar-refractivity contribution in [3.8, 4) is 11.3 Å². The van der Waals surface area contributed by atoms with Gasteiger partial charge in [0.25, 0.3) is 0 Å². The molecule has 3 rings (SSSR count). The van der Waals surface area contributed by atoms with E-state index in [2.05, 4.69) is 15.3 Å². The Labute approximate surface area is 142 Å². The van der Waals surface area contributed by atoms with Gasteiger partial charge in [-0.3, -0.25) is 9.78 Å². The topological polar surface area (TPSA) is 80.9 Å². The highest BCUT2D eigenvalue weighted by Gasteiger charge is 2.17. The van der Waals surface area contributed by atoms with Gasteiger partial charge in [0.05, 0.1) is 11.7 Å². The predicted molar refractivity (Wildman–Crippen MR) is 92.1 cm³/mol. The minimum atomic E-state index is -0.852. The second-order valence-corrected chi connectivity index (χ2v) is 6.02. The third-order valence-electron chi connectivity index (χ3n) is 3.44. The van der Waals surface area contributed by atoms with Gasteiger partial charge < -0.3 is 11.1 Å². The number of thiazole rings is 1. The number of carbonyl (C=O) groups is 1. The highest BCUT2D eigenvalue weighted by molar-refractivity contribution is 7.14. The van der Waals surface area contributed by atoms with E-state index in [-0.39, 0.29) is 12.2 Å². The highest BCUT2D eigenvalue weighted by Crippen LogP contribution is 2.24. The molecule has 5 nitrogen and oxygen atoms in total. The van der Waals surface area contributed by atoms with Crippen molar-refractivity contribution < 1.29 is 9.18 Å². The zero-order chi connectivity index (χ0) is 16.9. The SMILES string of the molecule is NC(Cc1ccccc1F)C(=O)Nc1nc(-c2ccncc2)cs1. The van der Waals surface area contributed by atoms with Crippen LogP contribution in [0.5, 0.6) is 0 Å². The molecule has 3 N–H and O–H groups in total. The molecule has 122 valence electrons. The molecule has 0 aliphatic heterocycles. The van der Waals surface area contributed by atoms with Gasteiger partial charge in [0.15, 0.2) is 5.13 Å². The van der Waals surface area contributed by atoms with Gasteiger partial charge in [-0.15, -0.1) is 11.3 Å². The smallest absolute Gasteiger partial charge is 0.243 e. The number of aromatic nitrogens is 2. The van der Waals surface area contributed by atoms with Crippen molar-refractivity contribution in [1.82, 2.24) is 9.97 Å². The lowest BCUT2D eigenvalue weighted by atomic mass is 10.1. The minimum absolute atomic E-state index is 0.126. The molecule has 1 atom stereocenters. The maximum atomic E-state index is 13.6. The Morgan fingerprint density at radius 2 is 2.00 bits per heavy atom. The minimum Gasteiger partial charge on any atom is -0.320 e. The summed E-state index contributed by atoms with van der Waals surface area (Å²) in [6.07, 6.45) is 3.48.